The van der Waals surface area contributed by atoms with Crippen LogP contribution in [-0.4, -0.2) is 70.4 Å². The first kappa shape index (κ1) is 44.5. The van der Waals surface area contributed by atoms with Crippen LogP contribution in [-0.2, 0) is 30.5 Å². The van der Waals surface area contributed by atoms with E-state index in [-0.39, 0.29) is 41.4 Å². The Labute approximate surface area is 378 Å². The number of benzene rings is 5. The van der Waals surface area contributed by atoms with E-state index >= 15 is 0 Å². The van der Waals surface area contributed by atoms with Crippen molar-refractivity contribution in [1.82, 2.24) is 19.8 Å². The van der Waals surface area contributed by atoms with E-state index in [2.05, 4.69) is 47.7 Å². The highest BCUT2D eigenvalue weighted by molar-refractivity contribution is 8.00. The Morgan fingerprint density at radius 2 is 1.02 bits per heavy atom. The minimum Gasteiger partial charge on any atom is -0.332 e. The molecule has 2 aliphatic rings. The Morgan fingerprint density at radius 1 is 0.547 bits per heavy atom. The van der Waals surface area contributed by atoms with Crippen LogP contribution in [0.1, 0.15) is 96.3 Å². The van der Waals surface area contributed by atoms with Gasteiger partial charge in [-0.1, -0.05) is 115 Å². The van der Waals surface area contributed by atoms with Gasteiger partial charge in [0.05, 0.1) is 28.9 Å². The number of carbonyl (C=O) groups is 2. The Kier molecular flexibility index (Phi) is 13.4. The summed E-state index contributed by atoms with van der Waals surface area (Å²) < 4.78 is 27.4. The number of likely N-dealkylation sites (tertiary alicyclic amines) is 2. The topological polar surface area (TPSA) is 101 Å². The van der Waals surface area contributed by atoms with Gasteiger partial charge in [0, 0.05) is 47.5 Å². The average molecular weight is 889 g/mol. The molecule has 0 aliphatic carbocycles. The van der Waals surface area contributed by atoms with Gasteiger partial charge >= 0.3 is 0 Å². The van der Waals surface area contributed by atoms with Crippen LogP contribution in [0.15, 0.2) is 161 Å². The zero-order chi connectivity index (χ0) is 44.8. The Morgan fingerprint density at radius 3 is 1.56 bits per heavy atom. The highest BCUT2D eigenvalue weighted by Gasteiger charge is 2.31. The molecule has 4 heterocycles. The maximum absolute atomic E-state index is 13.7. The molecule has 2 saturated heterocycles. The van der Waals surface area contributed by atoms with Crippen LogP contribution in [0, 0.1) is 0 Å². The number of piperidine rings is 2. The fourth-order valence-electron chi connectivity index (χ4n) is 9.33. The van der Waals surface area contributed by atoms with Crippen molar-refractivity contribution in [3.63, 3.8) is 0 Å². The molecule has 0 N–H and O–H groups in total. The molecule has 0 saturated carbocycles. The second kappa shape index (κ2) is 19.3. The molecule has 2 fully saturated rings. The number of carbonyl (C=O) groups excluding carboxylic acids is 2. The molecule has 0 spiro atoms. The van der Waals surface area contributed by atoms with Gasteiger partial charge in [0.25, 0.3) is 11.8 Å². The predicted octanol–water partition coefficient (Wildman–Crippen LogP) is 10.8. The quantitative estimate of drug-likeness (QED) is 0.134. The summed E-state index contributed by atoms with van der Waals surface area (Å²) >= 11 is 0. The highest BCUT2D eigenvalue weighted by Crippen LogP contribution is 2.33. The standard InChI is InChI=1S/C29H28N2O2S.C25H28N2O2S/c1-34(33,28-19-9-14-22-11-5-6-16-25(22)28)21-24-15-10-17-26(30-24)29(32)31-20-8-7-18-27(31)23-12-3-2-4-13-23;1-18-9-6-10-19(2)27(18)25(28)23-15-8-13-21(26-23)17-30(3,29)24-16-7-12-20-11-4-5-14-22(20)24/h2-6,9-17,19,27H,1,7-8,18,20-21H2;4-5,7-8,11-16,18-19H,3,6,9-10,17H2,1-2H3/t;18-,19+,30?. The third-order valence-corrected chi connectivity index (χ3v) is 16.3. The lowest BCUT2D eigenvalue weighted by molar-refractivity contribution is 0.0504. The molecule has 5 aromatic carbocycles. The minimum atomic E-state index is -2.65. The molecule has 8 nitrogen and oxygen atoms in total. The molecular formula is C54H56N4O4S2. The molecule has 10 heteroatoms. The Hall–Kier alpha value is -6.10. The Balaban J connectivity index is 0.000000176. The van der Waals surface area contributed by atoms with Crippen molar-refractivity contribution < 1.29 is 18.0 Å². The number of amides is 2. The molecule has 0 radical (unpaired) electrons. The van der Waals surface area contributed by atoms with E-state index in [4.69, 9.17) is 0 Å². The zero-order valence-corrected chi connectivity index (χ0v) is 38.3. The summed E-state index contributed by atoms with van der Waals surface area (Å²) in [6, 6.07) is 48.9. The van der Waals surface area contributed by atoms with Crippen molar-refractivity contribution >= 4 is 64.1 Å². The van der Waals surface area contributed by atoms with Crippen molar-refractivity contribution in [2.45, 2.75) is 91.8 Å². The lowest BCUT2D eigenvalue weighted by atomic mass is 9.95. The third-order valence-electron chi connectivity index (χ3n) is 12.5. The molecule has 0 bridgehead atoms. The number of nitrogens with zero attached hydrogens (tertiary/aromatic N) is 4. The van der Waals surface area contributed by atoms with E-state index in [0.29, 0.717) is 29.3 Å². The van der Waals surface area contributed by atoms with E-state index in [0.717, 1.165) is 75.4 Å². The van der Waals surface area contributed by atoms with Gasteiger partial charge in [0.1, 0.15) is 11.4 Å². The predicted molar refractivity (Wildman–Crippen MR) is 264 cm³/mol. The first-order valence-electron chi connectivity index (χ1n) is 22.2. The lowest BCUT2D eigenvalue weighted by Gasteiger charge is -2.38. The van der Waals surface area contributed by atoms with Gasteiger partial charge in [-0.15, -0.1) is 0 Å². The second-order valence-electron chi connectivity index (χ2n) is 17.2. The van der Waals surface area contributed by atoms with Crippen molar-refractivity contribution in [3.05, 3.63) is 180 Å². The fraction of sp³-hybridized carbons (Fsp3) is 0.259. The van der Waals surface area contributed by atoms with E-state index in [1.807, 2.05) is 137 Å². The average Bonchev–Trinajstić information content (AvgIpc) is 3.31. The largest absolute Gasteiger partial charge is 0.332 e. The second-order valence-corrected chi connectivity index (χ2v) is 21.9. The molecular weight excluding hydrogens is 833 g/mol. The SMILES string of the molecule is C=S(=O)(Cc1cccc(C(=O)N2CCCCC2c2ccccc2)n1)c1cccc2ccccc12.C=S(=O)(Cc1cccc(C(=O)N2[C@H](C)CCC[C@@H]2C)n1)c1cccc2ccccc12. The van der Waals surface area contributed by atoms with Crippen LogP contribution in [0.25, 0.3) is 21.5 Å². The van der Waals surface area contributed by atoms with Gasteiger partial charge in [-0.2, -0.15) is 0 Å². The molecule has 7 aromatic rings. The van der Waals surface area contributed by atoms with E-state index in [1.165, 1.54) is 0 Å². The van der Waals surface area contributed by atoms with Crippen LogP contribution in [0.3, 0.4) is 0 Å². The molecule has 2 aliphatic heterocycles. The summed E-state index contributed by atoms with van der Waals surface area (Å²) in [5.41, 5.74) is 3.22. The smallest absolute Gasteiger partial charge is 0.272 e. The van der Waals surface area contributed by atoms with Gasteiger partial charge in [0.15, 0.2) is 0 Å². The normalized spacial score (nSPS) is 19.5. The number of pyridine rings is 2. The van der Waals surface area contributed by atoms with Crippen molar-refractivity contribution in [2.75, 3.05) is 6.54 Å². The molecule has 3 unspecified atom stereocenters. The van der Waals surface area contributed by atoms with Crippen LogP contribution in [0.2, 0.25) is 0 Å². The fourth-order valence-corrected chi connectivity index (χ4v) is 12.7. The maximum atomic E-state index is 13.7. The molecule has 2 aromatic heterocycles. The summed E-state index contributed by atoms with van der Waals surface area (Å²) in [6.45, 7) is 4.91. The summed E-state index contributed by atoms with van der Waals surface area (Å²) in [6.07, 6.45) is 6.22. The van der Waals surface area contributed by atoms with E-state index in [1.54, 1.807) is 12.1 Å². The first-order valence-corrected chi connectivity index (χ1v) is 25.9. The Bertz CT molecular complexity index is 3010. The number of fused-ring (bicyclic) bond motifs is 2. The van der Waals surface area contributed by atoms with Gasteiger partial charge in [-0.25, -0.2) is 9.97 Å². The molecule has 328 valence electrons. The number of rotatable bonds is 9. The maximum Gasteiger partial charge on any atom is 0.272 e. The number of hydrogen-bond acceptors (Lipinski definition) is 6. The van der Waals surface area contributed by atoms with E-state index in [9.17, 15) is 18.0 Å². The van der Waals surface area contributed by atoms with Crippen LogP contribution >= 0.6 is 0 Å². The summed E-state index contributed by atoms with van der Waals surface area (Å²) in [5.74, 6) is 8.43. The van der Waals surface area contributed by atoms with Gasteiger partial charge in [-0.05, 0) is 128 Å². The van der Waals surface area contributed by atoms with Gasteiger partial charge < -0.3 is 9.80 Å². The lowest BCUT2D eigenvalue weighted by Crippen LogP contribution is -2.47. The molecule has 64 heavy (non-hydrogen) atoms. The molecule has 2 amide bonds. The van der Waals surface area contributed by atoms with Crippen LogP contribution in [0.4, 0.5) is 0 Å². The summed E-state index contributed by atoms with van der Waals surface area (Å²) in [4.78, 5) is 41.3. The number of hydrogen-bond donors (Lipinski definition) is 0. The number of aromatic nitrogens is 2. The summed E-state index contributed by atoms with van der Waals surface area (Å²) in [7, 11) is -5.26. The molecule has 5 atom stereocenters. The first-order chi connectivity index (χ1) is 30.9. The van der Waals surface area contributed by atoms with E-state index < -0.39 is 19.0 Å². The third kappa shape index (κ3) is 9.83. The van der Waals surface area contributed by atoms with Crippen molar-refractivity contribution in [1.29, 1.82) is 0 Å². The van der Waals surface area contributed by atoms with Crippen LogP contribution in [0.5, 0.6) is 0 Å². The monoisotopic (exact) mass is 888 g/mol. The van der Waals surface area contributed by atoms with Gasteiger partial charge in [0.2, 0.25) is 0 Å². The van der Waals surface area contributed by atoms with Gasteiger partial charge in [-0.3, -0.25) is 18.0 Å². The highest BCUT2D eigenvalue weighted by atomic mass is 32.2. The zero-order valence-electron chi connectivity index (χ0n) is 36.7. The summed E-state index contributed by atoms with van der Waals surface area (Å²) in [5, 5.41) is 3.96. The minimum absolute atomic E-state index is 0.0442. The van der Waals surface area contributed by atoms with Crippen molar-refractivity contribution in [2.24, 2.45) is 0 Å². The van der Waals surface area contributed by atoms with Crippen LogP contribution < -0.4 is 0 Å². The van der Waals surface area contributed by atoms with Crippen molar-refractivity contribution in [3.8, 4) is 0 Å². The molecule has 9 rings (SSSR count).